The number of carbonyl (C=O) groups excluding carboxylic acids is 2. The fourth-order valence-corrected chi connectivity index (χ4v) is 3.54. The number of Topliss-reactive ketones (excluding diaryl/α,β-unsaturated/α-hetero) is 1. The second-order valence-corrected chi connectivity index (χ2v) is 6.91. The molecule has 0 aromatic heterocycles. The summed E-state index contributed by atoms with van der Waals surface area (Å²) in [5, 5.41) is 0.609. The normalized spacial score (nSPS) is 14.7. The molecule has 0 N–H and O–H groups in total. The van der Waals surface area contributed by atoms with E-state index in [2.05, 4.69) is 0 Å². The molecule has 2 aromatic carbocycles. The summed E-state index contributed by atoms with van der Waals surface area (Å²) < 4.78 is 10.7. The number of ether oxygens (including phenoxy) is 2. The number of rotatable bonds is 5. The van der Waals surface area contributed by atoms with E-state index in [4.69, 9.17) is 21.1 Å². The van der Waals surface area contributed by atoms with Crippen molar-refractivity contribution in [1.82, 2.24) is 4.90 Å². The van der Waals surface area contributed by atoms with E-state index in [1.54, 1.807) is 47.4 Å². The third-order valence-electron chi connectivity index (χ3n) is 4.92. The maximum atomic E-state index is 13.0. The van der Waals surface area contributed by atoms with Gasteiger partial charge in [0.25, 0.3) is 5.91 Å². The van der Waals surface area contributed by atoms with Crippen LogP contribution < -0.4 is 9.47 Å². The van der Waals surface area contributed by atoms with E-state index in [-0.39, 0.29) is 17.6 Å². The Morgan fingerprint density at radius 3 is 2.04 bits per heavy atom. The van der Waals surface area contributed by atoms with E-state index >= 15 is 0 Å². The molecule has 27 heavy (non-hydrogen) atoms. The minimum Gasteiger partial charge on any atom is -0.496 e. The Hall–Kier alpha value is -2.53. The van der Waals surface area contributed by atoms with Gasteiger partial charge in [-0.05, 0) is 49.2 Å². The van der Waals surface area contributed by atoms with Gasteiger partial charge in [0.2, 0.25) is 0 Å². The molecule has 0 atom stereocenters. The van der Waals surface area contributed by atoms with Gasteiger partial charge in [0.05, 0.1) is 14.2 Å². The maximum absolute atomic E-state index is 13.0. The summed E-state index contributed by atoms with van der Waals surface area (Å²) in [5.74, 6) is 0.850. The molecule has 1 saturated heterocycles. The molecule has 1 fully saturated rings. The van der Waals surface area contributed by atoms with Crippen molar-refractivity contribution >= 4 is 23.3 Å². The standard InChI is InChI=1S/C21H22ClNO4/c1-26-17-4-3-5-18(27-2)19(17)21(25)23-12-10-15(11-13-23)20(24)14-6-8-16(22)9-7-14/h3-9,15H,10-13H2,1-2H3. The van der Waals surface area contributed by atoms with E-state index in [9.17, 15) is 9.59 Å². The van der Waals surface area contributed by atoms with Crippen LogP contribution in [0.1, 0.15) is 33.6 Å². The summed E-state index contributed by atoms with van der Waals surface area (Å²) in [5.41, 5.74) is 1.08. The summed E-state index contributed by atoms with van der Waals surface area (Å²) in [6, 6.07) is 12.2. The molecular formula is C21H22ClNO4. The van der Waals surface area contributed by atoms with E-state index in [1.165, 1.54) is 14.2 Å². The van der Waals surface area contributed by atoms with Crippen molar-refractivity contribution in [1.29, 1.82) is 0 Å². The number of hydrogen-bond acceptors (Lipinski definition) is 4. The number of likely N-dealkylation sites (tertiary alicyclic amines) is 1. The molecule has 1 heterocycles. The molecule has 3 rings (SSSR count). The number of halogens is 1. The first-order valence-corrected chi connectivity index (χ1v) is 9.23. The third kappa shape index (κ3) is 4.08. The highest BCUT2D eigenvalue weighted by Crippen LogP contribution is 2.31. The first-order valence-electron chi connectivity index (χ1n) is 8.85. The number of piperidine rings is 1. The predicted octanol–water partition coefficient (Wildman–Crippen LogP) is 4.09. The Labute approximate surface area is 163 Å². The van der Waals surface area contributed by atoms with Crippen molar-refractivity contribution in [2.75, 3.05) is 27.3 Å². The number of hydrogen-bond donors (Lipinski definition) is 0. The summed E-state index contributed by atoms with van der Waals surface area (Å²) in [7, 11) is 3.06. The van der Waals surface area contributed by atoms with Crippen LogP contribution in [0.3, 0.4) is 0 Å². The van der Waals surface area contributed by atoms with Gasteiger partial charge < -0.3 is 14.4 Å². The van der Waals surface area contributed by atoms with Crippen LogP contribution in [-0.2, 0) is 0 Å². The highest BCUT2D eigenvalue weighted by Gasteiger charge is 2.30. The fourth-order valence-electron chi connectivity index (χ4n) is 3.41. The van der Waals surface area contributed by atoms with E-state index in [0.29, 0.717) is 53.6 Å². The Kier molecular flexibility index (Phi) is 6.01. The molecular weight excluding hydrogens is 366 g/mol. The van der Waals surface area contributed by atoms with Crippen LogP contribution >= 0.6 is 11.6 Å². The maximum Gasteiger partial charge on any atom is 0.261 e. The molecule has 5 nitrogen and oxygen atoms in total. The SMILES string of the molecule is COc1cccc(OC)c1C(=O)N1CCC(C(=O)c2ccc(Cl)cc2)CC1. The smallest absolute Gasteiger partial charge is 0.261 e. The van der Waals surface area contributed by atoms with Crippen molar-refractivity contribution in [3.63, 3.8) is 0 Å². The lowest BCUT2D eigenvalue weighted by Gasteiger charge is -2.32. The van der Waals surface area contributed by atoms with E-state index in [0.717, 1.165) is 0 Å². The zero-order valence-corrected chi connectivity index (χ0v) is 16.2. The Morgan fingerprint density at radius 1 is 0.963 bits per heavy atom. The lowest BCUT2D eigenvalue weighted by Crippen LogP contribution is -2.40. The lowest BCUT2D eigenvalue weighted by atomic mass is 9.88. The van der Waals surface area contributed by atoms with Crippen molar-refractivity contribution in [3.8, 4) is 11.5 Å². The van der Waals surface area contributed by atoms with Crippen LogP contribution in [0.25, 0.3) is 0 Å². The van der Waals surface area contributed by atoms with Crippen LogP contribution in [0.2, 0.25) is 5.02 Å². The van der Waals surface area contributed by atoms with Crippen molar-refractivity contribution in [2.24, 2.45) is 5.92 Å². The van der Waals surface area contributed by atoms with Gasteiger partial charge in [-0.25, -0.2) is 0 Å². The Morgan fingerprint density at radius 2 is 1.52 bits per heavy atom. The van der Waals surface area contributed by atoms with Crippen molar-refractivity contribution < 1.29 is 19.1 Å². The van der Waals surface area contributed by atoms with Crippen LogP contribution in [0.15, 0.2) is 42.5 Å². The van der Waals surface area contributed by atoms with Gasteiger partial charge in [0.1, 0.15) is 17.1 Å². The fraction of sp³-hybridized carbons (Fsp3) is 0.333. The topological polar surface area (TPSA) is 55.8 Å². The second-order valence-electron chi connectivity index (χ2n) is 6.48. The molecule has 0 aliphatic carbocycles. The summed E-state index contributed by atoms with van der Waals surface area (Å²) in [6.07, 6.45) is 1.26. The molecule has 6 heteroatoms. The minimum absolute atomic E-state index is 0.0882. The molecule has 0 bridgehead atoms. The average molecular weight is 388 g/mol. The molecule has 2 aromatic rings. The first kappa shape index (κ1) is 19.2. The van der Waals surface area contributed by atoms with Crippen LogP contribution in [0.5, 0.6) is 11.5 Å². The number of amides is 1. The average Bonchev–Trinajstić information content (AvgIpc) is 2.72. The van der Waals surface area contributed by atoms with Gasteiger partial charge in [0, 0.05) is 29.6 Å². The third-order valence-corrected chi connectivity index (χ3v) is 5.18. The summed E-state index contributed by atoms with van der Waals surface area (Å²) >= 11 is 5.89. The predicted molar refractivity (Wildman–Crippen MR) is 104 cm³/mol. The Balaban J connectivity index is 1.70. The van der Waals surface area contributed by atoms with Gasteiger partial charge in [-0.15, -0.1) is 0 Å². The van der Waals surface area contributed by atoms with Gasteiger partial charge in [-0.3, -0.25) is 9.59 Å². The van der Waals surface area contributed by atoms with Crippen molar-refractivity contribution in [2.45, 2.75) is 12.8 Å². The molecule has 1 amide bonds. The number of benzene rings is 2. The molecule has 0 saturated carbocycles. The number of ketones is 1. The molecule has 0 radical (unpaired) electrons. The highest BCUT2D eigenvalue weighted by atomic mass is 35.5. The first-order chi connectivity index (χ1) is 13.0. The zero-order valence-electron chi connectivity index (χ0n) is 15.4. The van der Waals surface area contributed by atoms with Crippen molar-refractivity contribution in [3.05, 3.63) is 58.6 Å². The lowest BCUT2D eigenvalue weighted by molar-refractivity contribution is 0.0644. The summed E-state index contributed by atoms with van der Waals surface area (Å²) in [6.45, 7) is 1.04. The van der Waals surface area contributed by atoms with Gasteiger partial charge in [-0.1, -0.05) is 17.7 Å². The number of nitrogens with zero attached hydrogens (tertiary/aromatic N) is 1. The summed E-state index contributed by atoms with van der Waals surface area (Å²) in [4.78, 5) is 27.4. The van der Waals surface area contributed by atoms with Crippen LogP contribution in [0.4, 0.5) is 0 Å². The molecule has 142 valence electrons. The number of carbonyl (C=O) groups is 2. The van der Waals surface area contributed by atoms with E-state index in [1.807, 2.05) is 0 Å². The second kappa shape index (κ2) is 8.44. The van der Waals surface area contributed by atoms with Gasteiger partial charge in [0.15, 0.2) is 5.78 Å². The van der Waals surface area contributed by atoms with Crippen LogP contribution in [-0.4, -0.2) is 43.9 Å². The molecule has 1 aliphatic heterocycles. The largest absolute Gasteiger partial charge is 0.496 e. The Bertz CT molecular complexity index is 804. The molecule has 1 aliphatic rings. The monoisotopic (exact) mass is 387 g/mol. The highest BCUT2D eigenvalue weighted by molar-refractivity contribution is 6.30. The minimum atomic E-state index is -0.137. The zero-order chi connectivity index (χ0) is 19.4. The molecule has 0 unspecified atom stereocenters. The van der Waals surface area contributed by atoms with Crippen LogP contribution in [0, 0.1) is 5.92 Å². The van der Waals surface area contributed by atoms with E-state index < -0.39 is 0 Å². The quantitative estimate of drug-likeness (QED) is 0.725. The molecule has 0 spiro atoms. The van der Waals surface area contributed by atoms with Gasteiger partial charge in [-0.2, -0.15) is 0 Å². The van der Waals surface area contributed by atoms with Gasteiger partial charge >= 0.3 is 0 Å². The number of methoxy groups -OCH3 is 2.